The number of likely N-dealkylation sites (tertiary alicyclic amines) is 2. The summed E-state index contributed by atoms with van der Waals surface area (Å²) < 4.78 is 24.7. The van der Waals surface area contributed by atoms with Gasteiger partial charge < -0.3 is 0 Å². The van der Waals surface area contributed by atoms with Crippen LogP contribution in [-0.4, -0.2) is 48.9 Å². The zero-order valence-electron chi connectivity index (χ0n) is 13.1. The molecule has 0 spiro atoms. The zero-order valence-corrected chi connectivity index (χ0v) is 13.1. The largest absolute Gasteiger partial charge is 0.298 e. The number of rotatable bonds is 6. The minimum Gasteiger partial charge on any atom is -0.298 e. The third-order valence-corrected chi connectivity index (χ3v) is 5.05. The van der Waals surface area contributed by atoms with Gasteiger partial charge in [0, 0.05) is 19.6 Å². The number of nitrogens with zero attached hydrogens (tertiary/aromatic N) is 2. The summed E-state index contributed by atoms with van der Waals surface area (Å²) in [5.74, 6) is 1.56. The highest BCUT2D eigenvalue weighted by Crippen LogP contribution is 2.30. The molecule has 0 amide bonds. The normalized spacial score (nSPS) is 22.1. The average molecular weight is 308 g/mol. The van der Waals surface area contributed by atoms with Crippen LogP contribution in [0.3, 0.4) is 0 Å². The Balaban J connectivity index is 1.32. The Bertz CT molecular complexity index is 438. The number of hydrogen-bond donors (Lipinski definition) is 0. The molecule has 3 rings (SSSR count). The zero-order chi connectivity index (χ0) is 15.4. The molecule has 1 aromatic carbocycles. The molecule has 0 radical (unpaired) electrons. The molecule has 0 bridgehead atoms. The van der Waals surface area contributed by atoms with Crippen LogP contribution in [0.1, 0.15) is 24.8 Å². The van der Waals surface area contributed by atoms with E-state index in [4.69, 9.17) is 0 Å². The predicted octanol–water partition coefficient (Wildman–Crippen LogP) is 3.49. The molecular weight excluding hydrogens is 282 g/mol. The van der Waals surface area contributed by atoms with Gasteiger partial charge >= 0.3 is 0 Å². The van der Waals surface area contributed by atoms with Crippen molar-refractivity contribution in [2.45, 2.75) is 32.2 Å². The second-order valence-corrected chi connectivity index (χ2v) is 6.92. The molecule has 2 saturated heterocycles. The third kappa shape index (κ3) is 4.50. The number of alkyl halides is 2. The molecule has 2 aliphatic rings. The molecule has 122 valence electrons. The van der Waals surface area contributed by atoms with Gasteiger partial charge in [-0.05, 0) is 49.8 Å². The van der Waals surface area contributed by atoms with Crippen molar-refractivity contribution >= 4 is 0 Å². The van der Waals surface area contributed by atoms with E-state index >= 15 is 0 Å². The fourth-order valence-electron chi connectivity index (χ4n) is 3.87. The van der Waals surface area contributed by atoms with Crippen LogP contribution in [0.25, 0.3) is 0 Å². The highest BCUT2D eigenvalue weighted by molar-refractivity contribution is 5.14. The van der Waals surface area contributed by atoms with Crippen LogP contribution in [0.15, 0.2) is 30.3 Å². The van der Waals surface area contributed by atoms with Crippen LogP contribution in [0, 0.1) is 11.8 Å². The van der Waals surface area contributed by atoms with Gasteiger partial charge in [0.05, 0.1) is 6.54 Å². The van der Waals surface area contributed by atoms with Crippen LogP contribution in [0.4, 0.5) is 8.78 Å². The summed E-state index contributed by atoms with van der Waals surface area (Å²) in [7, 11) is 0. The SMILES string of the molecule is FC(F)CN1CCC(CC2CN(Cc3ccccc3)C2)CC1. The van der Waals surface area contributed by atoms with Crippen molar-refractivity contribution in [2.24, 2.45) is 11.8 Å². The van der Waals surface area contributed by atoms with Gasteiger partial charge in [0.1, 0.15) is 0 Å². The highest BCUT2D eigenvalue weighted by Gasteiger charge is 2.30. The first-order valence-corrected chi connectivity index (χ1v) is 8.46. The number of halogens is 2. The van der Waals surface area contributed by atoms with Gasteiger partial charge in [-0.15, -0.1) is 0 Å². The first kappa shape index (κ1) is 15.9. The maximum atomic E-state index is 12.4. The Morgan fingerprint density at radius 1 is 0.955 bits per heavy atom. The standard InChI is InChI=1S/C18H26F2N2/c19-18(20)14-21-8-6-15(7-9-21)10-17-12-22(13-17)11-16-4-2-1-3-5-16/h1-5,15,17-18H,6-14H2. The van der Waals surface area contributed by atoms with Gasteiger partial charge in [-0.25, -0.2) is 8.78 Å². The van der Waals surface area contributed by atoms with Crippen molar-refractivity contribution in [3.05, 3.63) is 35.9 Å². The van der Waals surface area contributed by atoms with Gasteiger partial charge in [-0.3, -0.25) is 9.80 Å². The predicted molar refractivity (Wildman–Crippen MR) is 85.0 cm³/mol. The molecule has 2 aliphatic heterocycles. The van der Waals surface area contributed by atoms with Crippen molar-refractivity contribution in [2.75, 3.05) is 32.7 Å². The molecule has 2 fully saturated rings. The number of hydrogen-bond acceptors (Lipinski definition) is 2. The van der Waals surface area contributed by atoms with Crippen molar-refractivity contribution in [1.82, 2.24) is 9.80 Å². The molecule has 0 aromatic heterocycles. The van der Waals surface area contributed by atoms with E-state index < -0.39 is 6.43 Å². The van der Waals surface area contributed by atoms with Crippen LogP contribution < -0.4 is 0 Å². The fourth-order valence-corrected chi connectivity index (χ4v) is 3.87. The van der Waals surface area contributed by atoms with E-state index in [0.717, 1.165) is 44.3 Å². The summed E-state index contributed by atoms with van der Waals surface area (Å²) in [6.07, 6.45) is 1.30. The molecule has 4 heteroatoms. The summed E-state index contributed by atoms with van der Waals surface area (Å²) in [6, 6.07) is 10.6. The lowest BCUT2D eigenvalue weighted by Crippen LogP contribution is -2.47. The summed E-state index contributed by atoms with van der Waals surface area (Å²) in [5, 5.41) is 0. The number of piperidine rings is 1. The maximum Gasteiger partial charge on any atom is 0.251 e. The van der Waals surface area contributed by atoms with Crippen molar-refractivity contribution < 1.29 is 8.78 Å². The Kier molecular flexibility index (Phi) is 5.42. The minimum absolute atomic E-state index is 0.0407. The summed E-state index contributed by atoms with van der Waals surface area (Å²) >= 11 is 0. The third-order valence-electron chi connectivity index (χ3n) is 5.05. The molecule has 22 heavy (non-hydrogen) atoms. The smallest absolute Gasteiger partial charge is 0.251 e. The molecule has 2 nitrogen and oxygen atoms in total. The van der Waals surface area contributed by atoms with Gasteiger partial charge in [0.15, 0.2) is 0 Å². The second kappa shape index (κ2) is 7.51. The van der Waals surface area contributed by atoms with Gasteiger partial charge in [-0.1, -0.05) is 30.3 Å². The monoisotopic (exact) mass is 308 g/mol. The molecule has 2 heterocycles. The molecule has 0 N–H and O–H groups in total. The lowest BCUT2D eigenvalue weighted by Gasteiger charge is -2.42. The van der Waals surface area contributed by atoms with Crippen molar-refractivity contribution in [3.63, 3.8) is 0 Å². The fraction of sp³-hybridized carbons (Fsp3) is 0.667. The van der Waals surface area contributed by atoms with E-state index in [2.05, 4.69) is 35.2 Å². The van der Waals surface area contributed by atoms with Crippen LogP contribution in [0.5, 0.6) is 0 Å². The molecular formula is C18H26F2N2. The summed E-state index contributed by atoms with van der Waals surface area (Å²) in [6.45, 7) is 5.13. The Hall–Kier alpha value is -1.00. The lowest BCUT2D eigenvalue weighted by molar-refractivity contribution is 0.0444. The summed E-state index contributed by atoms with van der Waals surface area (Å²) in [4.78, 5) is 4.43. The van der Waals surface area contributed by atoms with Crippen molar-refractivity contribution in [3.8, 4) is 0 Å². The average Bonchev–Trinajstić information content (AvgIpc) is 2.47. The van der Waals surface area contributed by atoms with Crippen LogP contribution in [0.2, 0.25) is 0 Å². The van der Waals surface area contributed by atoms with E-state index in [9.17, 15) is 8.78 Å². The van der Waals surface area contributed by atoms with Crippen LogP contribution >= 0.6 is 0 Å². The lowest BCUT2D eigenvalue weighted by atomic mass is 9.83. The number of benzene rings is 1. The molecule has 0 saturated carbocycles. The maximum absolute atomic E-state index is 12.4. The van der Waals surface area contributed by atoms with Gasteiger partial charge in [0.25, 0.3) is 6.43 Å². The first-order chi connectivity index (χ1) is 10.7. The second-order valence-electron chi connectivity index (χ2n) is 6.92. The molecule has 0 aliphatic carbocycles. The molecule has 0 atom stereocenters. The van der Waals surface area contributed by atoms with E-state index in [1.165, 1.54) is 25.1 Å². The van der Waals surface area contributed by atoms with E-state index in [0.29, 0.717) is 0 Å². The van der Waals surface area contributed by atoms with Gasteiger partial charge in [-0.2, -0.15) is 0 Å². The molecule has 1 aromatic rings. The quantitative estimate of drug-likeness (QED) is 0.794. The Morgan fingerprint density at radius 3 is 2.27 bits per heavy atom. The van der Waals surface area contributed by atoms with E-state index in [1.807, 2.05) is 4.90 Å². The van der Waals surface area contributed by atoms with E-state index in [-0.39, 0.29) is 6.54 Å². The first-order valence-electron chi connectivity index (χ1n) is 8.46. The Morgan fingerprint density at radius 2 is 1.64 bits per heavy atom. The topological polar surface area (TPSA) is 6.48 Å². The summed E-state index contributed by atoms with van der Waals surface area (Å²) in [5.41, 5.74) is 1.39. The van der Waals surface area contributed by atoms with Crippen molar-refractivity contribution in [1.29, 1.82) is 0 Å². The highest BCUT2D eigenvalue weighted by atomic mass is 19.3. The van der Waals surface area contributed by atoms with E-state index in [1.54, 1.807) is 0 Å². The Labute approximate surface area is 132 Å². The molecule has 0 unspecified atom stereocenters. The minimum atomic E-state index is -2.19. The van der Waals surface area contributed by atoms with Gasteiger partial charge in [0.2, 0.25) is 0 Å². The van der Waals surface area contributed by atoms with Crippen LogP contribution in [-0.2, 0) is 6.54 Å².